The van der Waals surface area contributed by atoms with Crippen molar-refractivity contribution in [2.75, 3.05) is 33.2 Å². The number of esters is 1. The highest BCUT2D eigenvalue weighted by Crippen LogP contribution is 2.42. The number of hydrogen-bond acceptors (Lipinski definition) is 9. The van der Waals surface area contributed by atoms with Gasteiger partial charge in [-0.3, -0.25) is 4.79 Å². The highest BCUT2D eigenvalue weighted by Gasteiger charge is 2.45. The fraction of sp³-hybridized carbons (Fsp3) is 0.424. The summed E-state index contributed by atoms with van der Waals surface area (Å²) < 4.78 is 17.0. The predicted molar refractivity (Wildman–Crippen MR) is 170 cm³/mol. The predicted octanol–water partition coefficient (Wildman–Crippen LogP) is 7.17. The van der Waals surface area contributed by atoms with E-state index in [0.29, 0.717) is 17.3 Å². The molecular weight excluding hydrogens is 548 g/mol. The summed E-state index contributed by atoms with van der Waals surface area (Å²) in [5.41, 5.74) is 3.18. The molecule has 1 unspecified atom stereocenters. The largest absolute Gasteiger partial charge is 0.493 e. The van der Waals surface area contributed by atoms with E-state index >= 15 is 0 Å². The first-order valence-corrected chi connectivity index (χ1v) is 14.9. The van der Waals surface area contributed by atoms with E-state index in [9.17, 15) is 4.79 Å². The maximum Gasteiger partial charge on any atom is 0.311 e. The van der Waals surface area contributed by atoms with Gasteiger partial charge in [-0.05, 0) is 68.9 Å². The average molecular weight is 591 g/mol. The van der Waals surface area contributed by atoms with Gasteiger partial charge in [-0.15, -0.1) is 11.3 Å². The summed E-state index contributed by atoms with van der Waals surface area (Å²) in [5, 5.41) is 9.92. The lowest BCUT2D eigenvalue weighted by molar-refractivity contribution is -0.159. The van der Waals surface area contributed by atoms with E-state index in [1.165, 1.54) is 28.7 Å². The van der Waals surface area contributed by atoms with E-state index in [-0.39, 0.29) is 18.6 Å². The molecule has 1 atom stereocenters. The zero-order valence-electron chi connectivity index (χ0n) is 26.0. The van der Waals surface area contributed by atoms with E-state index in [4.69, 9.17) is 24.2 Å². The smallest absolute Gasteiger partial charge is 0.311 e. The van der Waals surface area contributed by atoms with Crippen molar-refractivity contribution in [3.8, 4) is 22.6 Å². The molecule has 9 heteroatoms. The third kappa shape index (κ3) is 6.37. The molecule has 42 heavy (non-hydrogen) atoms. The molecule has 0 amide bonds. The van der Waals surface area contributed by atoms with Gasteiger partial charge >= 0.3 is 5.97 Å². The number of fused-ring (bicyclic) bond motifs is 1. The van der Waals surface area contributed by atoms with Gasteiger partial charge in [-0.1, -0.05) is 38.1 Å². The van der Waals surface area contributed by atoms with Gasteiger partial charge in [-0.2, -0.15) is 0 Å². The molecule has 0 spiro atoms. The van der Waals surface area contributed by atoms with Crippen LogP contribution >= 0.6 is 11.3 Å². The quantitative estimate of drug-likeness (QED) is 0.168. The third-order valence-corrected chi connectivity index (χ3v) is 9.28. The molecule has 0 fully saturated rings. The Bertz CT molecular complexity index is 1560. The number of aromatic nitrogens is 2. The number of hydrogen-bond donors (Lipinski definition) is 2. The van der Waals surface area contributed by atoms with Crippen LogP contribution in [0.4, 0.5) is 5.82 Å². The van der Waals surface area contributed by atoms with Gasteiger partial charge in [0.2, 0.25) is 0 Å². The van der Waals surface area contributed by atoms with Crippen molar-refractivity contribution in [3.05, 3.63) is 64.1 Å². The first kappa shape index (κ1) is 31.3. The SMILES string of the molecule is CNCc1ccccc1-c1csc(C(C)Nc2nc(C)nc3cc(OCC(C)(C)C(C)(C)C(=O)OC)c(OC)cc23)c1. The van der Waals surface area contributed by atoms with Crippen molar-refractivity contribution in [2.45, 2.75) is 54.1 Å². The van der Waals surface area contributed by atoms with Crippen LogP contribution in [0.3, 0.4) is 0 Å². The van der Waals surface area contributed by atoms with Crippen LogP contribution < -0.4 is 20.1 Å². The van der Waals surface area contributed by atoms with Crippen LogP contribution in [-0.4, -0.2) is 43.8 Å². The average Bonchev–Trinajstić information content (AvgIpc) is 3.46. The minimum Gasteiger partial charge on any atom is -0.493 e. The molecule has 0 bridgehead atoms. The van der Waals surface area contributed by atoms with E-state index in [2.05, 4.69) is 53.3 Å². The Balaban J connectivity index is 1.61. The number of methoxy groups -OCH3 is 2. The monoisotopic (exact) mass is 590 g/mol. The molecule has 0 aliphatic heterocycles. The molecule has 0 saturated heterocycles. The van der Waals surface area contributed by atoms with Crippen LogP contribution in [0, 0.1) is 17.8 Å². The summed E-state index contributed by atoms with van der Waals surface area (Å²) in [4.78, 5) is 23.1. The Morgan fingerprint density at radius 2 is 1.79 bits per heavy atom. The van der Waals surface area contributed by atoms with Crippen LogP contribution in [0.1, 0.15) is 56.9 Å². The van der Waals surface area contributed by atoms with Crippen LogP contribution in [0.25, 0.3) is 22.0 Å². The summed E-state index contributed by atoms with van der Waals surface area (Å²) >= 11 is 1.73. The van der Waals surface area contributed by atoms with Crippen LogP contribution in [-0.2, 0) is 16.1 Å². The number of nitrogens with zero attached hydrogens (tertiary/aromatic N) is 2. The number of nitrogens with one attached hydrogen (secondary N) is 2. The van der Waals surface area contributed by atoms with Gasteiger partial charge in [0.15, 0.2) is 11.5 Å². The highest BCUT2D eigenvalue weighted by molar-refractivity contribution is 7.10. The lowest BCUT2D eigenvalue weighted by Crippen LogP contribution is -2.44. The summed E-state index contributed by atoms with van der Waals surface area (Å²) in [6.07, 6.45) is 0. The molecule has 224 valence electrons. The van der Waals surface area contributed by atoms with Gasteiger partial charge in [-0.25, -0.2) is 9.97 Å². The molecule has 0 aliphatic carbocycles. The standard InChI is InChI=1S/C33H42N4O4S/c1-20(29-14-23(18-42-29)24-13-11-10-12-22(24)17-34-7)35-30-25-15-27(39-8)28(16-26(25)36-21(2)37-30)41-19-32(3,4)33(5,6)31(38)40-9/h10-16,18,20,34H,17,19H2,1-9H3,(H,35,36,37). The Labute approximate surface area is 252 Å². The number of anilines is 1. The van der Waals surface area contributed by atoms with Crippen molar-refractivity contribution in [1.29, 1.82) is 0 Å². The van der Waals surface area contributed by atoms with E-state index in [1.54, 1.807) is 18.4 Å². The summed E-state index contributed by atoms with van der Waals surface area (Å²) in [5.74, 6) is 2.21. The molecule has 2 heterocycles. The zero-order valence-corrected chi connectivity index (χ0v) is 26.9. The zero-order chi connectivity index (χ0) is 30.7. The molecule has 0 saturated carbocycles. The number of aryl methyl sites for hydroxylation is 1. The normalized spacial score (nSPS) is 12.7. The van der Waals surface area contributed by atoms with Gasteiger partial charge in [0.1, 0.15) is 11.6 Å². The summed E-state index contributed by atoms with van der Waals surface area (Å²) in [6.45, 7) is 12.8. The molecule has 0 radical (unpaired) electrons. The number of carbonyl (C=O) groups is 1. The van der Waals surface area contributed by atoms with Gasteiger partial charge in [0.25, 0.3) is 0 Å². The van der Waals surface area contributed by atoms with Crippen LogP contribution in [0.5, 0.6) is 11.5 Å². The topological polar surface area (TPSA) is 94.6 Å². The molecule has 8 nitrogen and oxygen atoms in total. The lowest BCUT2D eigenvalue weighted by Gasteiger charge is -2.38. The summed E-state index contributed by atoms with van der Waals surface area (Å²) in [6, 6.07) is 14.5. The molecule has 2 aromatic heterocycles. The number of rotatable bonds is 12. The minimum atomic E-state index is -0.756. The fourth-order valence-corrected chi connectivity index (χ4v) is 5.67. The Kier molecular flexibility index (Phi) is 9.43. The fourth-order valence-electron chi connectivity index (χ4n) is 4.75. The van der Waals surface area contributed by atoms with E-state index < -0.39 is 10.8 Å². The maximum absolute atomic E-state index is 12.4. The van der Waals surface area contributed by atoms with Crippen LogP contribution in [0.15, 0.2) is 47.8 Å². The minimum absolute atomic E-state index is 0.0148. The molecule has 0 aliphatic rings. The first-order valence-electron chi connectivity index (χ1n) is 14.1. The molecule has 2 N–H and O–H groups in total. The highest BCUT2D eigenvalue weighted by atomic mass is 32.1. The molecule has 4 aromatic rings. The maximum atomic E-state index is 12.4. The Morgan fingerprint density at radius 1 is 1.05 bits per heavy atom. The van der Waals surface area contributed by atoms with Crippen molar-refractivity contribution in [1.82, 2.24) is 15.3 Å². The molecular formula is C33H42N4O4S. The van der Waals surface area contributed by atoms with Gasteiger partial charge in [0, 0.05) is 28.3 Å². The summed E-state index contributed by atoms with van der Waals surface area (Å²) in [7, 11) is 4.98. The van der Waals surface area contributed by atoms with Gasteiger partial charge < -0.3 is 24.8 Å². The second-order valence-electron chi connectivity index (χ2n) is 11.7. The van der Waals surface area contributed by atoms with Crippen molar-refractivity contribution in [3.63, 3.8) is 0 Å². The lowest BCUT2D eigenvalue weighted by atomic mass is 9.68. The molecule has 4 rings (SSSR count). The third-order valence-electron chi connectivity index (χ3n) is 8.16. The van der Waals surface area contributed by atoms with E-state index in [0.717, 1.165) is 23.3 Å². The number of carbonyl (C=O) groups excluding carboxylic acids is 1. The Hall–Kier alpha value is -3.69. The number of ether oxygens (including phenoxy) is 3. The molecule has 2 aromatic carbocycles. The van der Waals surface area contributed by atoms with Crippen molar-refractivity contribution >= 4 is 34.0 Å². The van der Waals surface area contributed by atoms with Crippen molar-refractivity contribution in [2.24, 2.45) is 10.8 Å². The second kappa shape index (κ2) is 12.7. The van der Waals surface area contributed by atoms with Crippen LogP contribution in [0.2, 0.25) is 0 Å². The number of benzene rings is 2. The Morgan fingerprint density at radius 3 is 2.48 bits per heavy atom. The van der Waals surface area contributed by atoms with Gasteiger partial charge in [0.05, 0.1) is 37.8 Å². The number of thiophene rings is 1. The van der Waals surface area contributed by atoms with E-state index in [1.807, 2.05) is 53.8 Å². The van der Waals surface area contributed by atoms with Crippen molar-refractivity contribution < 1.29 is 19.0 Å². The first-order chi connectivity index (χ1) is 19.9. The second-order valence-corrected chi connectivity index (χ2v) is 12.7.